The van der Waals surface area contributed by atoms with Crippen LogP contribution < -0.4 is 14.9 Å². The van der Waals surface area contributed by atoms with Gasteiger partial charge in [0, 0.05) is 11.8 Å². The number of rotatable bonds is 5. The predicted octanol–water partition coefficient (Wildman–Crippen LogP) is -0.297. The van der Waals surface area contributed by atoms with Crippen molar-refractivity contribution >= 4 is 23.5 Å². The molecule has 1 aliphatic rings. The summed E-state index contributed by atoms with van der Waals surface area (Å²) < 4.78 is 0. The molecule has 1 fully saturated rings. The van der Waals surface area contributed by atoms with Crippen molar-refractivity contribution in [3.05, 3.63) is 47.7 Å². The maximum absolute atomic E-state index is 11.6. The third kappa shape index (κ3) is 4.49. The summed E-state index contributed by atoms with van der Waals surface area (Å²) in [5, 5.41) is 11.3. The number of hydrogen-bond acceptors (Lipinski definition) is 6. The lowest BCUT2D eigenvalue weighted by Gasteiger charge is -2.31. The number of benzene rings is 1. The summed E-state index contributed by atoms with van der Waals surface area (Å²) in [5.41, 5.74) is 1.52. The summed E-state index contributed by atoms with van der Waals surface area (Å²) >= 11 is 1.13. The van der Waals surface area contributed by atoms with Gasteiger partial charge in [-0.1, -0.05) is 42.1 Å². The predicted molar refractivity (Wildman–Crippen MR) is 95.6 cm³/mol. The number of nitrogens with zero attached hydrogens (tertiary/aromatic N) is 3. The molecular weight excluding hydrogens is 336 g/mol. The average molecular weight is 358 g/mol. The topological polar surface area (TPSA) is 73.6 Å². The number of carbonyl (C=O) groups is 1. The normalized spacial score (nSPS) is 16.6. The number of aromatic nitrogens is 2. The van der Waals surface area contributed by atoms with Crippen LogP contribution >= 0.6 is 11.8 Å². The molecule has 0 aliphatic carbocycles. The first-order chi connectivity index (χ1) is 12.0. The zero-order valence-electron chi connectivity index (χ0n) is 14.4. The lowest BCUT2D eigenvalue weighted by molar-refractivity contribution is -0.880. The van der Waals surface area contributed by atoms with Crippen molar-refractivity contribution < 1.29 is 14.8 Å². The molecule has 1 atom stereocenters. The van der Waals surface area contributed by atoms with Crippen LogP contribution in [0.3, 0.4) is 0 Å². The summed E-state index contributed by atoms with van der Waals surface area (Å²) in [4.78, 5) is 24.4. The Bertz CT molecular complexity index is 733. The molecule has 1 aliphatic heterocycles. The van der Waals surface area contributed by atoms with Crippen molar-refractivity contribution in [2.45, 2.75) is 17.3 Å². The van der Waals surface area contributed by atoms with E-state index in [1.807, 2.05) is 31.2 Å². The first-order valence-corrected chi connectivity index (χ1v) is 9.25. The standard InChI is InChI=1S/C18H22N4O2S/c1-13-12-15(22-10-8-21(2)9-11-22)20-18(19-13)25-16(17(23)24)14-6-4-3-5-7-14/h3-7,12,16H,8-11H2,1-2H3,(H,23,24)/t16-/m0/s1. The van der Waals surface area contributed by atoms with Gasteiger partial charge in [-0.3, -0.25) is 0 Å². The number of carbonyl (C=O) groups excluding carboxylic acids is 1. The van der Waals surface area contributed by atoms with Crippen LogP contribution in [0.5, 0.6) is 0 Å². The van der Waals surface area contributed by atoms with Gasteiger partial charge in [0.1, 0.15) is 5.82 Å². The molecule has 3 rings (SSSR count). The highest BCUT2D eigenvalue weighted by Crippen LogP contribution is 2.33. The SMILES string of the molecule is Cc1cc(N2CC[NH+](C)CC2)nc(S[C@H](C(=O)[O-])c2ccccc2)n1. The Morgan fingerprint density at radius 2 is 1.92 bits per heavy atom. The van der Waals surface area contributed by atoms with Gasteiger partial charge in [0.25, 0.3) is 0 Å². The van der Waals surface area contributed by atoms with Crippen LogP contribution in [0.25, 0.3) is 0 Å². The second kappa shape index (κ2) is 7.84. The highest BCUT2D eigenvalue weighted by atomic mass is 32.2. The third-order valence-corrected chi connectivity index (χ3v) is 5.39. The highest BCUT2D eigenvalue weighted by Gasteiger charge is 2.21. The van der Waals surface area contributed by atoms with Gasteiger partial charge in [-0.2, -0.15) is 0 Å². The molecule has 2 heterocycles. The summed E-state index contributed by atoms with van der Waals surface area (Å²) in [6, 6.07) is 11.0. The Morgan fingerprint density at radius 3 is 2.56 bits per heavy atom. The van der Waals surface area contributed by atoms with Gasteiger partial charge in [-0.05, 0) is 12.5 Å². The molecule has 1 aromatic carbocycles. The van der Waals surface area contributed by atoms with Crippen LogP contribution in [0.1, 0.15) is 16.5 Å². The van der Waals surface area contributed by atoms with Crippen LogP contribution in [-0.4, -0.2) is 49.2 Å². The van der Waals surface area contributed by atoms with Gasteiger partial charge in [-0.15, -0.1) is 0 Å². The van der Waals surface area contributed by atoms with Gasteiger partial charge < -0.3 is 19.7 Å². The minimum Gasteiger partial charge on any atom is -0.549 e. The number of carboxylic acid groups (broad SMARTS) is 1. The van der Waals surface area contributed by atoms with E-state index in [0.717, 1.165) is 49.5 Å². The average Bonchev–Trinajstić information content (AvgIpc) is 2.60. The summed E-state index contributed by atoms with van der Waals surface area (Å²) in [7, 11) is 2.19. The number of quaternary nitrogens is 1. The van der Waals surface area contributed by atoms with E-state index in [0.29, 0.717) is 10.7 Å². The van der Waals surface area contributed by atoms with Crippen molar-refractivity contribution in [1.29, 1.82) is 0 Å². The molecule has 1 aromatic heterocycles. The molecule has 132 valence electrons. The lowest BCUT2D eigenvalue weighted by Crippen LogP contribution is -3.12. The fourth-order valence-corrected chi connectivity index (χ4v) is 3.79. The van der Waals surface area contributed by atoms with Crippen molar-refractivity contribution in [3.8, 4) is 0 Å². The maximum Gasteiger partial charge on any atom is 0.190 e. The number of thioether (sulfide) groups is 1. The Hall–Kier alpha value is -2.12. The van der Waals surface area contributed by atoms with Crippen molar-refractivity contribution in [2.24, 2.45) is 0 Å². The highest BCUT2D eigenvalue weighted by molar-refractivity contribution is 8.00. The smallest absolute Gasteiger partial charge is 0.190 e. The fourth-order valence-electron chi connectivity index (χ4n) is 2.84. The second-order valence-corrected chi connectivity index (χ2v) is 7.39. The molecule has 0 saturated carbocycles. The third-order valence-electron chi connectivity index (χ3n) is 4.30. The Balaban J connectivity index is 1.83. The summed E-state index contributed by atoms with van der Waals surface area (Å²) in [6.45, 7) is 5.92. The number of aliphatic carboxylic acids is 1. The van der Waals surface area contributed by atoms with Gasteiger partial charge in [0.05, 0.1) is 44.4 Å². The lowest BCUT2D eigenvalue weighted by atomic mass is 10.1. The number of carboxylic acids is 1. The molecular formula is C18H22N4O2S. The largest absolute Gasteiger partial charge is 0.549 e. The van der Waals surface area contributed by atoms with Gasteiger partial charge >= 0.3 is 0 Å². The van der Waals surface area contributed by atoms with Crippen LogP contribution in [0.4, 0.5) is 5.82 Å². The van der Waals surface area contributed by atoms with Gasteiger partial charge in [0.2, 0.25) is 0 Å². The summed E-state index contributed by atoms with van der Waals surface area (Å²) in [5.74, 6) is -0.265. The number of piperazine rings is 1. The maximum atomic E-state index is 11.6. The Morgan fingerprint density at radius 1 is 1.24 bits per heavy atom. The van der Waals surface area contributed by atoms with Crippen molar-refractivity contribution in [1.82, 2.24) is 9.97 Å². The molecule has 0 bridgehead atoms. The molecule has 1 N–H and O–H groups in total. The van der Waals surface area contributed by atoms with E-state index in [9.17, 15) is 9.90 Å². The molecule has 7 heteroatoms. The van der Waals surface area contributed by atoms with E-state index in [2.05, 4.69) is 21.9 Å². The van der Waals surface area contributed by atoms with Crippen molar-refractivity contribution in [2.75, 3.05) is 38.1 Å². The minimum atomic E-state index is -1.13. The van der Waals surface area contributed by atoms with Crippen LogP contribution in [0, 0.1) is 6.92 Å². The first kappa shape index (κ1) is 17.7. The van der Waals surface area contributed by atoms with Gasteiger partial charge in [0.15, 0.2) is 5.16 Å². The minimum absolute atomic E-state index is 0.472. The first-order valence-electron chi connectivity index (χ1n) is 8.37. The number of aryl methyl sites for hydroxylation is 1. The number of anilines is 1. The van der Waals surface area contributed by atoms with E-state index < -0.39 is 11.2 Å². The van der Waals surface area contributed by atoms with E-state index in [1.54, 1.807) is 12.1 Å². The number of likely N-dealkylation sites (N-methyl/N-ethyl adjacent to an activating group) is 1. The quantitative estimate of drug-likeness (QED) is 0.585. The van der Waals surface area contributed by atoms with Crippen LogP contribution in [-0.2, 0) is 4.79 Å². The van der Waals surface area contributed by atoms with E-state index in [1.165, 1.54) is 4.90 Å². The zero-order chi connectivity index (χ0) is 17.8. The molecule has 25 heavy (non-hydrogen) atoms. The fraction of sp³-hybridized carbons (Fsp3) is 0.389. The Labute approximate surface area is 151 Å². The molecule has 2 aromatic rings. The molecule has 0 radical (unpaired) electrons. The van der Waals surface area contributed by atoms with E-state index in [4.69, 9.17) is 0 Å². The molecule has 0 unspecified atom stereocenters. The number of nitrogens with one attached hydrogen (secondary N) is 1. The van der Waals surface area contributed by atoms with Crippen molar-refractivity contribution in [3.63, 3.8) is 0 Å². The van der Waals surface area contributed by atoms with E-state index in [-0.39, 0.29) is 0 Å². The van der Waals surface area contributed by atoms with Gasteiger partial charge in [-0.25, -0.2) is 9.97 Å². The number of hydrogen-bond donors (Lipinski definition) is 1. The van der Waals surface area contributed by atoms with Crippen LogP contribution in [0.15, 0.2) is 41.6 Å². The molecule has 0 spiro atoms. The van der Waals surface area contributed by atoms with Crippen LogP contribution in [0.2, 0.25) is 0 Å². The molecule has 0 amide bonds. The molecule has 1 saturated heterocycles. The van der Waals surface area contributed by atoms with E-state index >= 15 is 0 Å². The monoisotopic (exact) mass is 358 g/mol. The zero-order valence-corrected chi connectivity index (χ0v) is 15.3. The summed E-state index contributed by atoms with van der Waals surface area (Å²) in [6.07, 6.45) is 0. The second-order valence-electron chi connectivity index (χ2n) is 6.32. The molecule has 6 nitrogen and oxygen atoms in total. The Kier molecular flexibility index (Phi) is 5.55.